The van der Waals surface area contributed by atoms with E-state index in [0.717, 1.165) is 6.04 Å². The molecule has 0 aromatic heterocycles. The number of carbonyl (C=O) groups excluding carboxylic acids is 1. The molecular formula is C8H18O6SSi. The Morgan fingerprint density at radius 1 is 1.38 bits per heavy atom. The molecule has 0 rings (SSSR count). The highest BCUT2D eigenvalue weighted by molar-refractivity contribution is 7.86. The predicted molar refractivity (Wildman–Crippen MR) is 61.3 cm³/mol. The van der Waals surface area contributed by atoms with Crippen molar-refractivity contribution in [1.29, 1.82) is 0 Å². The summed E-state index contributed by atoms with van der Waals surface area (Å²) in [6, 6.07) is 0.822. The van der Waals surface area contributed by atoms with E-state index in [4.69, 9.17) is 8.98 Å². The summed E-state index contributed by atoms with van der Waals surface area (Å²) in [5, 5.41) is 0. The van der Waals surface area contributed by atoms with Gasteiger partial charge in [-0.15, -0.1) is 0 Å². The fourth-order valence-corrected chi connectivity index (χ4v) is 2.56. The molecule has 0 radical (unpaired) electrons. The molecule has 96 valence electrons. The minimum Gasteiger partial charge on any atom is -0.465 e. The third kappa shape index (κ3) is 8.83. The van der Waals surface area contributed by atoms with E-state index in [2.05, 4.69) is 4.74 Å². The zero-order valence-electron chi connectivity index (χ0n) is 9.73. The van der Waals surface area contributed by atoms with E-state index in [1.165, 1.54) is 0 Å². The Hall–Kier alpha value is -0.443. The van der Waals surface area contributed by atoms with Crippen molar-refractivity contribution in [2.75, 3.05) is 19.5 Å². The Balaban J connectivity index is 3.72. The molecule has 0 aromatic carbocycles. The number of ether oxygens (including phenoxy) is 1. The van der Waals surface area contributed by atoms with Crippen LogP contribution in [0.25, 0.3) is 0 Å². The lowest BCUT2D eigenvalue weighted by Crippen LogP contribution is -2.28. The van der Waals surface area contributed by atoms with Gasteiger partial charge in [-0.1, -0.05) is 0 Å². The van der Waals surface area contributed by atoms with Crippen molar-refractivity contribution in [3.63, 3.8) is 0 Å². The van der Waals surface area contributed by atoms with Gasteiger partial charge in [0, 0.05) is 7.11 Å². The number of rotatable bonds is 7. The van der Waals surface area contributed by atoms with Crippen molar-refractivity contribution in [1.82, 2.24) is 0 Å². The summed E-state index contributed by atoms with van der Waals surface area (Å²) in [5.74, 6) is -1.92. The molecule has 0 spiro atoms. The highest BCUT2D eigenvalue weighted by Gasteiger charge is 2.20. The first kappa shape index (κ1) is 15.6. The van der Waals surface area contributed by atoms with Crippen LogP contribution in [0, 0.1) is 0 Å². The van der Waals surface area contributed by atoms with Gasteiger partial charge in [-0.3, -0.25) is 9.35 Å². The lowest BCUT2D eigenvalue weighted by Gasteiger charge is -2.19. The third-order valence-corrected chi connectivity index (χ3v) is 5.30. The summed E-state index contributed by atoms with van der Waals surface area (Å²) in [7, 11) is -4.29. The van der Waals surface area contributed by atoms with E-state index in [1.807, 2.05) is 13.1 Å². The molecule has 0 fully saturated rings. The Morgan fingerprint density at radius 3 is 2.38 bits per heavy atom. The molecule has 0 aliphatic carbocycles. The van der Waals surface area contributed by atoms with E-state index in [9.17, 15) is 13.2 Å². The van der Waals surface area contributed by atoms with Gasteiger partial charge in [0.2, 0.25) is 0 Å². The fourth-order valence-electron chi connectivity index (χ4n) is 0.977. The molecule has 6 nitrogen and oxygen atoms in total. The normalized spacial score (nSPS) is 12.5. The van der Waals surface area contributed by atoms with Crippen LogP contribution >= 0.6 is 0 Å². The molecule has 0 unspecified atom stereocenters. The Labute approximate surface area is 96.8 Å². The summed E-state index contributed by atoms with van der Waals surface area (Å²) in [6.07, 6.45) is 0.629. The van der Waals surface area contributed by atoms with Crippen LogP contribution in [0.1, 0.15) is 6.42 Å². The van der Waals surface area contributed by atoms with Gasteiger partial charge in [-0.25, -0.2) is 0 Å². The zero-order chi connectivity index (χ0) is 12.8. The lowest BCUT2D eigenvalue weighted by atomic mass is 10.5. The van der Waals surface area contributed by atoms with E-state index in [0.29, 0.717) is 6.42 Å². The maximum atomic E-state index is 10.9. The van der Waals surface area contributed by atoms with Gasteiger partial charge >= 0.3 is 5.97 Å². The summed E-state index contributed by atoms with van der Waals surface area (Å²) >= 11 is 0. The molecule has 0 heterocycles. The number of hydrogen-bond acceptors (Lipinski definition) is 5. The van der Waals surface area contributed by atoms with Crippen molar-refractivity contribution in [2.24, 2.45) is 0 Å². The third-order valence-electron chi connectivity index (χ3n) is 2.04. The van der Waals surface area contributed by atoms with E-state index in [1.54, 1.807) is 7.11 Å². The standard InChI is InChI=1S/C8H18O6SSi/c1-13-16(2,3)6-4-5-14-8(9)7-15(10,11)12/h4-7H2,1-3H3,(H,10,11,12). The predicted octanol–water partition coefficient (Wildman–Crippen LogP) is 0.659. The largest absolute Gasteiger partial charge is 0.465 e. The molecule has 0 atom stereocenters. The van der Waals surface area contributed by atoms with Gasteiger partial charge < -0.3 is 9.16 Å². The highest BCUT2D eigenvalue weighted by atomic mass is 32.2. The van der Waals surface area contributed by atoms with E-state index < -0.39 is 30.2 Å². The molecule has 0 saturated carbocycles. The van der Waals surface area contributed by atoms with Gasteiger partial charge in [0.05, 0.1) is 6.61 Å². The van der Waals surface area contributed by atoms with Crippen LogP contribution in [0.2, 0.25) is 19.1 Å². The molecule has 16 heavy (non-hydrogen) atoms. The molecule has 0 aliphatic heterocycles. The average molecular weight is 270 g/mol. The van der Waals surface area contributed by atoms with Gasteiger partial charge in [0.25, 0.3) is 10.1 Å². The second kappa shape index (κ2) is 6.33. The first-order valence-corrected chi connectivity index (χ1v) is 9.55. The first-order valence-electron chi connectivity index (χ1n) is 4.82. The number of carbonyl (C=O) groups is 1. The number of hydrogen-bond donors (Lipinski definition) is 1. The summed E-state index contributed by atoms with van der Waals surface area (Å²) in [5.41, 5.74) is 0. The fraction of sp³-hybridized carbons (Fsp3) is 0.875. The lowest BCUT2D eigenvalue weighted by molar-refractivity contribution is -0.140. The average Bonchev–Trinajstić information content (AvgIpc) is 2.10. The van der Waals surface area contributed by atoms with Gasteiger partial charge in [-0.05, 0) is 25.6 Å². The molecule has 1 N–H and O–H groups in total. The molecule has 0 aliphatic rings. The molecule has 0 bridgehead atoms. The van der Waals surface area contributed by atoms with Crippen LogP contribution in [-0.4, -0.2) is 46.7 Å². The van der Waals surface area contributed by atoms with Crippen LogP contribution in [0.4, 0.5) is 0 Å². The van der Waals surface area contributed by atoms with E-state index in [-0.39, 0.29) is 6.61 Å². The first-order chi connectivity index (χ1) is 7.16. The van der Waals surface area contributed by atoms with Gasteiger partial charge in [-0.2, -0.15) is 8.42 Å². The maximum absolute atomic E-state index is 10.9. The summed E-state index contributed by atoms with van der Waals surface area (Å²) in [4.78, 5) is 10.9. The van der Waals surface area contributed by atoms with Gasteiger partial charge in [0.1, 0.15) is 0 Å². The minimum absolute atomic E-state index is 0.147. The Morgan fingerprint density at radius 2 is 1.94 bits per heavy atom. The van der Waals surface area contributed by atoms with Gasteiger partial charge in [0.15, 0.2) is 14.1 Å². The van der Waals surface area contributed by atoms with Crippen LogP contribution < -0.4 is 0 Å². The van der Waals surface area contributed by atoms with Crippen molar-refractivity contribution in [3.8, 4) is 0 Å². The van der Waals surface area contributed by atoms with Crippen molar-refractivity contribution >= 4 is 24.4 Å². The molecule has 0 aromatic rings. The highest BCUT2D eigenvalue weighted by Crippen LogP contribution is 2.12. The van der Waals surface area contributed by atoms with Crippen molar-refractivity contribution in [3.05, 3.63) is 0 Å². The maximum Gasteiger partial charge on any atom is 0.323 e. The SMILES string of the molecule is CO[Si](C)(C)CCCOC(=O)CS(=O)(=O)O. The second-order valence-electron chi connectivity index (χ2n) is 4.01. The molecule has 0 saturated heterocycles. The topological polar surface area (TPSA) is 89.9 Å². The smallest absolute Gasteiger partial charge is 0.323 e. The van der Waals surface area contributed by atoms with Crippen molar-refractivity contribution in [2.45, 2.75) is 25.6 Å². The zero-order valence-corrected chi connectivity index (χ0v) is 11.5. The molecule has 8 heteroatoms. The van der Waals surface area contributed by atoms with Crippen LogP contribution in [0.15, 0.2) is 0 Å². The minimum atomic E-state index is -4.28. The van der Waals surface area contributed by atoms with Crippen LogP contribution in [-0.2, 0) is 24.1 Å². The van der Waals surface area contributed by atoms with Crippen LogP contribution in [0.5, 0.6) is 0 Å². The quantitative estimate of drug-likeness (QED) is 0.316. The van der Waals surface area contributed by atoms with Crippen LogP contribution in [0.3, 0.4) is 0 Å². The van der Waals surface area contributed by atoms with Crippen molar-refractivity contribution < 1.29 is 26.9 Å². The second-order valence-corrected chi connectivity index (χ2v) is 9.89. The molecule has 0 amide bonds. The summed E-state index contributed by atoms with van der Waals surface area (Å²) in [6.45, 7) is 4.22. The summed E-state index contributed by atoms with van der Waals surface area (Å²) < 4.78 is 38.9. The molecular weight excluding hydrogens is 252 g/mol. The Kier molecular flexibility index (Phi) is 6.16. The number of esters is 1. The monoisotopic (exact) mass is 270 g/mol. The van der Waals surface area contributed by atoms with E-state index >= 15 is 0 Å². The Bertz CT molecular complexity index is 323.